The van der Waals surface area contributed by atoms with Gasteiger partial charge in [0.25, 0.3) is 0 Å². The maximum absolute atomic E-state index is 13.8. The topological polar surface area (TPSA) is 55.4 Å². The van der Waals surface area contributed by atoms with Crippen LogP contribution in [0.2, 0.25) is 0 Å². The molecule has 18 heavy (non-hydrogen) atoms. The number of rotatable bonds is 2. The summed E-state index contributed by atoms with van der Waals surface area (Å²) < 4.78 is 18.5. The van der Waals surface area contributed by atoms with Crippen molar-refractivity contribution >= 4 is 11.9 Å². The molecule has 1 saturated heterocycles. The summed E-state index contributed by atoms with van der Waals surface area (Å²) >= 11 is 0. The Morgan fingerprint density at radius 3 is 2.83 bits per heavy atom. The molecular weight excluding hydrogens is 237 g/mol. The molecule has 0 bridgehead atoms. The van der Waals surface area contributed by atoms with Crippen LogP contribution in [-0.2, 0) is 14.3 Å². The molecule has 1 N–H and O–H groups in total. The quantitative estimate of drug-likeness (QED) is 0.804. The van der Waals surface area contributed by atoms with Crippen LogP contribution in [-0.4, -0.2) is 25.5 Å². The highest BCUT2D eigenvalue weighted by Gasteiger charge is 2.37. The van der Waals surface area contributed by atoms with Gasteiger partial charge in [0, 0.05) is 18.9 Å². The summed E-state index contributed by atoms with van der Waals surface area (Å²) in [6.07, 6.45) is 0.0979. The fourth-order valence-corrected chi connectivity index (χ4v) is 2.28. The van der Waals surface area contributed by atoms with Crippen molar-refractivity contribution < 1.29 is 18.7 Å². The molecule has 1 aliphatic heterocycles. The van der Waals surface area contributed by atoms with Gasteiger partial charge >= 0.3 is 5.97 Å². The number of benzene rings is 1. The number of hydrogen-bond donors (Lipinski definition) is 1. The first-order chi connectivity index (χ1) is 8.63. The maximum atomic E-state index is 13.8. The largest absolute Gasteiger partial charge is 0.469 e. The van der Waals surface area contributed by atoms with Gasteiger partial charge in [0.15, 0.2) is 0 Å². The molecule has 0 radical (unpaired) electrons. The zero-order valence-corrected chi connectivity index (χ0v) is 9.98. The van der Waals surface area contributed by atoms with E-state index in [1.54, 1.807) is 18.2 Å². The molecule has 2 atom stereocenters. The van der Waals surface area contributed by atoms with Crippen molar-refractivity contribution in [2.24, 2.45) is 5.92 Å². The second-order valence-electron chi connectivity index (χ2n) is 4.27. The van der Waals surface area contributed by atoms with Crippen molar-refractivity contribution in [2.45, 2.75) is 12.3 Å². The molecular formula is C13H14FNO3. The minimum atomic E-state index is -0.537. The average Bonchev–Trinajstić information content (AvgIpc) is 2.38. The van der Waals surface area contributed by atoms with Gasteiger partial charge in [0.05, 0.1) is 13.0 Å². The van der Waals surface area contributed by atoms with Crippen molar-refractivity contribution in [3.05, 3.63) is 35.6 Å². The van der Waals surface area contributed by atoms with Gasteiger partial charge in [-0.15, -0.1) is 0 Å². The zero-order chi connectivity index (χ0) is 13.1. The van der Waals surface area contributed by atoms with Gasteiger partial charge < -0.3 is 10.1 Å². The summed E-state index contributed by atoms with van der Waals surface area (Å²) in [5.74, 6) is -2.00. The molecule has 96 valence electrons. The summed E-state index contributed by atoms with van der Waals surface area (Å²) in [7, 11) is 1.29. The Morgan fingerprint density at radius 2 is 2.17 bits per heavy atom. The third-order valence-corrected chi connectivity index (χ3v) is 3.22. The van der Waals surface area contributed by atoms with Crippen LogP contribution in [0.4, 0.5) is 4.39 Å². The Morgan fingerprint density at radius 1 is 1.44 bits per heavy atom. The lowest BCUT2D eigenvalue weighted by molar-refractivity contribution is -0.147. The highest BCUT2D eigenvalue weighted by atomic mass is 19.1. The van der Waals surface area contributed by atoms with E-state index < -0.39 is 23.6 Å². The normalized spacial score (nSPS) is 23.3. The number of hydrogen-bond acceptors (Lipinski definition) is 3. The van der Waals surface area contributed by atoms with Crippen LogP contribution in [0.1, 0.15) is 17.9 Å². The van der Waals surface area contributed by atoms with E-state index in [1.807, 2.05) is 0 Å². The van der Waals surface area contributed by atoms with Gasteiger partial charge in [0.2, 0.25) is 5.91 Å². The number of piperidine rings is 1. The highest BCUT2D eigenvalue weighted by Crippen LogP contribution is 2.32. The summed E-state index contributed by atoms with van der Waals surface area (Å²) in [5.41, 5.74) is 0.391. The van der Waals surface area contributed by atoms with Crippen LogP contribution in [0.3, 0.4) is 0 Å². The molecule has 1 amide bonds. The van der Waals surface area contributed by atoms with Crippen molar-refractivity contribution in [3.63, 3.8) is 0 Å². The second kappa shape index (κ2) is 5.16. The molecule has 0 spiro atoms. The van der Waals surface area contributed by atoms with Crippen LogP contribution in [0.25, 0.3) is 0 Å². The van der Waals surface area contributed by atoms with Crippen LogP contribution in [0.15, 0.2) is 24.3 Å². The number of nitrogens with one attached hydrogen (secondary N) is 1. The van der Waals surface area contributed by atoms with Crippen molar-refractivity contribution in [1.82, 2.24) is 5.32 Å². The SMILES string of the molecule is COC(=O)[C@H]1CNC(=O)C[C@@H]1c1ccccc1F. The standard InChI is InChI=1S/C13H14FNO3/c1-18-13(17)10-7-15-12(16)6-9(10)8-4-2-3-5-11(8)14/h2-5,9-10H,6-7H2,1H3,(H,15,16)/t9-,10+/m1/s1. The average molecular weight is 251 g/mol. The molecule has 5 heteroatoms. The van der Waals surface area contributed by atoms with E-state index in [0.29, 0.717) is 5.56 Å². The third kappa shape index (κ3) is 2.34. The van der Waals surface area contributed by atoms with Gasteiger partial charge in [-0.3, -0.25) is 9.59 Å². The second-order valence-corrected chi connectivity index (χ2v) is 4.27. The Bertz CT molecular complexity index is 475. The fourth-order valence-electron chi connectivity index (χ4n) is 2.28. The van der Waals surface area contributed by atoms with Crippen LogP contribution in [0, 0.1) is 11.7 Å². The van der Waals surface area contributed by atoms with Crippen molar-refractivity contribution in [1.29, 1.82) is 0 Å². The lowest BCUT2D eigenvalue weighted by Gasteiger charge is -2.30. The van der Waals surface area contributed by atoms with E-state index >= 15 is 0 Å². The molecule has 0 unspecified atom stereocenters. The first-order valence-corrected chi connectivity index (χ1v) is 5.72. The van der Waals surface area contributed by atoms with E-state index in [9.17, 15) is 14.0 Å². The zero-order valence-electron chi connectivity index (χ0n) is 9.98. The number of methoxy groups -OCH3 is 1. The van der Waals surface area contributed by atoms with E-state index in [-0.39, 0.29) is 18.9 Å². The minimum Gasteiger partial charge on any atom is -0.469 e. The summed E-state index contributed by atoms with van der Waals surface area (Å²) in [4.78, 5) is 23.1. The van der Waals surface area contributed by atoms with Crippen LogP contribution < -0.4 is 5.32 Å². The third-order valence-electron chi connectivity index (χ3n) is 3.22. The lowest BCUT2D eigenvalue weighted by Crippen LogP contribution is -2.43. The van der Waals surface area contributed by atoms with Gasteiger partial charge in [-0.05, 0) is 11.6 Å². The van der Waals surface area contributed by atoms with E-state index in [0.717, 1.165) is 0 Å². The first-order valence-electron chi connectivity index (χ1n) is 5.72. The van der Waals surface area contributed by atoms with E-state index in [4.69, 9.17) is 4.74 Å². The first kappa shape index (κ1) is 12.5. The molecule has 1 heterocycles. The Balaban J connectivity index is 2.34. The monoisotopic (exact) mass is 251 g/mol. The number of carbonyl (C=O) groups excluding carboxylic acids is 2. The van der Waals surface area contributed by atoms with Gasteiger partial charge in [-0.2, -0.15) is 0 Å². The lowest BCUT2D eigenvalue weighted by atomic mass is 9.80. The Hall–Kier alpha value is -1.91. The van der Waals surface area contributed by atoms with Crippen LogP contribution >= 0.6 is 0 Å². The minimum absolute atomic E-state index is 0.0979. The molecule has 2 rings (SSSR count). The molecule has 1 aromatic carbocycles. The molecule has 1 aromatic rings. The number of carbonyl (C=O) groups is 2. The summed E-state index contributed by atoms with van der Waals surface area (Å²) in [6, 6.07) is 6.21. The van der Waals surface area contributed by atoms with Crippen LogP contribution in [0.5, 0.6) is 0 Å². The molecule has 0 aliphatic carbocycles. The van der Waals surface area contributed by atoms with Crippen molar-refractivity contribution in [3.8, 4) is 0 Å². The summed E-state index contributed by atoms with van der Waals surface area (Å²) in [5, 5.41) is 2.60. The van der Waals surface area contributed by atoms with Gasteiger partial charge in [0.1, 0.15) is 5.82 Å². The molecule has 4 nitrogen and oxygen atoms in total. The number of ether oxygens (including phenoxy) is 1. The van der Waals surface area contributed by atoms with Crippen molar-refractivity contribution in [2.75, 3.05) is 13.7 Å². The molecule has 0 aromatic heterocycles. The smallest absolute Gasteiger partial charge is 0.311 e. The predicted octanol–water partition coefficient (Wildman–Crippen LogP) is 1.22. The Labute approximate surface area is 104 Å². The molecule has 1 fully saturated rings. The molecule has 0 saturated carbocycles. The highest BCUT2D eigenvalue weighted by molar-refractivity contribution is 5.83. The van der Waals surface area contributed by atoms with Gasteiger partial charge in [-0.1, -0.05) is 18.2 Å². The molecule has 1 aliphatic rings. The van der Waals surface area contributed by atoms with Gasteiger partial charge in [-0.25, -0.2) is 4.39 Å². The van der Waals surface area contributed by atoms with E-state index in [2.05, 4.69) is 5.32 Å². The fraction of sp³-hybridized carbons (Fsp3) is 0.385. The number of halogens is 1. The number of esters is 1. The maximum Gasteiger partial charge on any atom is 0.311 e. The Kier molecular flexibility index (Phi) is 3.60. The predicted molar refractivity (Wildman–Crippen MR) is 62.3 cm³/mol. The van der Waals surface area contributed by atoms with E-state index in [1.165, 1.54) is 13.2 Å². The summed E-state index contributed by atoms with van der Waals surface area (Å²) in [6.45, 7) is 0.185. The number of amides is 1.